The number of aromatic nitrogens is 1. The Labute approximate surface area is 67.9 Å². The molecule has 0 unspecified atom stereocenters. The van der Waals surface area contributed by atoms with Crippen LogP contribution in [-0.4, -0.2) is 26.7 Å². The predicted molar refractivity (Wildman–Crippen MR) is 39.0 cm³/mol. The van der Waals surface area contributed by atoms with Crippen LogP contribution >= 0.6 is 0 Å². The van der Waals surface area contributed by atoms with Crippen molar-refractivity contribution in [2.45, 2.75) is 6.54 Å². The minimum Gasteiger partial charge on any atom is -0.480 e. The van der Waals surface area contributed by atoms with E-state index < -0.39 is 11.9 Å². The summed E-state index contributed by atoms with van der Waals surface area (Å²) < 4.78 is 1.16. The van der Waals surface area contributed by atoms with Gasteiger partial charge in [0, 0.05) is 6.20 Å². The average molecular weight is 169 g/mol. The van der Waals surface area contributed by atoms with Crippen molar-refractivity contribution in [3.63, 3.8) is 0 Å². The number of carboxylic acids is 2. The summed E-state index contributed by atoms with van der Waals surface area (Å²) in [6.07, 6.45) is 1.41. The zero-order valence-corrected chi connectivity index (χ0v) is 6.10. The quantitative estimate of drug-likeness (QED) is 0.680. The minimum atomic E-state index is -1.12. The van der Waals surface area contributed by atoms with E-state index in [1.54, 1.807) is 0 Å². The normalized spacial score (nSPS) is 9.67. The summed E-state index contributed by atoms with van der Waals surface area (Å²) in [5, 5.41) is 16.9. The second-order valence-electron chi connectivity index (χ2n) is 2.22. The molecular formula is C7H7NO4. The summed E-state index contributed by atoms with van der Waals surface area (Å²) in [6, 6.07) is 2.84. The molecule has 0 saturated carbocycles. The lowest BCUT2D eigenvalue weighted by atomic mass is 10.4. The maximum Gasteiger partial charge on any atom is 0.352 e. The first-order valence-electron chi connectivity index (χ1n) is 3.21. The van der Waals surface area contributed by atoms with Gasteiger partial charge in [-0.15, -0.1) is 0 Å². The highest BCUT2D eigenvalue weighted by atomic mass is 16.4. The van der Waals surface area contributed by atoms with Gasteiger partial charge in [0.2, 0.25) is 0 Å². The summed E-state index contributed by atoms with van der Waals surface area (Å²) in [6.45, 7) is -0.325. The molecule has 2 N–H and O–H groups in total. The van der Waals surface area contributed by atoms with E-state index in [9.17, 15) is 9.59 Å². The molecule has 12 heavy (non-hydrogen) atoms. The third-order valence-corrected chi connectivity index (χ3v) is 1.35. The number of hydrogen-bond donors (Lipinski definition) is 2. The molecule has 1 aromatic heterocycles. The standard InChI is InChI=1S/C7H7NO4/c9-6(10)4-8-3-1-2-5(8)7(11)12/h1-3H,4H2,(H,9,10)(H,11,12). The van der Waals surface area contributed by atoms with Crippen LogP contribution in [0.4, 0.5) is 0 Å². The SMILES string of the molecule is O=C(O)Cn1cccc1C(=O)O. The number of aliphatic carboxylic acids is 1. The minimum absolute atomic E-state index is 0.0163. The van der Waals surface area contributed by atoms with Crippen LogP contribution in [0.25, 0.3) is 0 Å². The van der Waals surface area contributed by atoms with Crippen LogP contribution in [0, 0.1) is 0 Å². The van der Waals surface area contributed by atoms with Gasteiger partial charge in [0.25, 0.3) is 0 Å². The lowest BCUT2D eigenvalue weighted by Gasteiger charge is -2.00. The van der Waals surface area contributed by atoms with Crippen molar-refractivity contribution in [1.82, 2.24) is 4.57 Å². The fraction of sp³-hybridized carbons (Fsp3) is 0.143. The molecule has 0 bridgehead atoms. The van der Waals surface area contributed by atoms with E-state index in [0.717, 1.165) is 4.57 Å². The van der Waals surface area contributed by atoms with Crippen LogP contribution in [0.15, 0.2) is 18.3 Å². The van der Waals surface area contributed by atoms with E-state index in [1.807, 2.05) is 0 Å². The third-order valence-electron chi connectivity index (χ3n) is 1.35. The molecule has 0 fully saturated rings. The molecule has 0 spiro atoms. The molecular weight excluding hydrogens is 162 g/mol. The van der Waals surface area contributed by atoms with E-state index in [1.165, 1.54) is 18.3 Å². The number of nitrogens with zero attached hydrogens (tertiary/aromatic N) is 1. The molecule has 0 saturated heterocycles. The van der Waals surface area contributed by atoms with Crippen molar-refractivity contribution in [3.8, 4) is 0 Å². The smallest absolute Gasteiger partial charge is 0.352 e. The van der Waals surface area contributed by atoms with Gasteiger partial charge < -0.3 is 14.8 Å². The van der Waals surface area contributed by atoms with Gasteiger partial charge in [-0.3, -0.25) is 4.79 Å². The number of hydrogen-bond acceptors (Lipinski definition) is 2. The lowest BCUT2D eigenvalue weighted by molar-refractivity contribution is -0.137. The van der Waals surface area contributed by atoms with Gasteiger partial charge in [-0.05, 0) is 12.1 Å². The molecule has 64 valence electrons. The summed E-state index contributed by atoms with van der Waals surface area (Å²) in [5.41, 5.74) is -0.0163. The Morgan fingerprint density at radius 2 is 2.08 bits per heavy atom. The highest BCUT2D eigenvalue weighted by molar-refractivity contribution is 5.86. The zero-order chi connectivity index (χ0) is 9.14. The highest BCUT2D eigenvalue weighted by Crippen LogP contribution is 2.01. The monoisotopic (exact) mass is 169 g/mol. The fourth-order valence-corrected chi connectivity index (χ4v) is 0.892. The van der Waals surface area contributed by atoms with Crippen molar-refractivity contribution in [2.24, 2.45) is 0 Å². The first-order chi connectivity index (χ1) is 5.61. The van der Waals surface area contributed by atoms with Crippen LogP contribution in [0.2, 0.25) is 0 Å². The molecule has 1 aromatic rings. The summed E-state index contributed by atoms with van der Waals surface area (Å²) >= 11 is 0. The number of rotatable bonds is 3. The van der Waals surface area contributed by atoms with Gasteiger partial charge in [0.15, 0.2) is 0 Å². The Hall–Kier alpha value is -1.78. The highest BCUT2D eigenvalue weighted by Gasteiger charge is 2.09. The first kappa shape index (κ1) is 8.32. The predicted octanol–water partition coefficient (Wildman–Crippen LogP) is 0.271. The molecule has 0 aliphatic carbocycles. The average Bonchev–Trinajstić information content (AvgIpc) is 2.33. The van der Waals surface area contributed by atoms with Crippen LogP contribution < -0.4 is 0 Å². The number of carboxylic acid groups (broad SMARTS) is 2. The second-order valence-corrected chi connectivity index (χ2v) is 2.22. The van der Waals surface area contributed by atoms with Crippen molar-refractivity contribution in [1.29, 1.82) is 0 Å². The van der Waals surface area contributed by atoms with E-state index in [-0.39, 0.29) is 12.2 Å². The molecule has 0 aromatic carbocycles. The van der Waals surface area contributed by atoms with Gasteiger partial charge in [-0.25, -0.2) is 4.79 Å². The summed E-state index contributed by atoms with van der Waals surface area (Å²) in [5.74, 6) is -2.19. The first-order valence-corrected chi connectivity index (χ1v) is 3.21. The zero-order valence-electron chi connectivity index (χ0n) is 6.10. The largest absolute Gasteiger partial charge is 0.480 e. The maximum atomic E-state index is 10.5. The van der Waals surface area contributed by atoms with E-state index >= 15 is 0 Å². The Kier molecular flexibility index (Phi) is 2.14. The molecule has 5 nitrogen and oxygen atoms in total. The van der Waals surface area contributed by atoms with Crippen LogP contribution in [-0.2, 0) is 11.3 Å². The van der Waals surface area contributed by atoms with Gasteiger partial charge in [0.05, 0.1) is 0 Å². The molecule has 1 heterocycles. The van der Waals surface area contributed by atoms with Crippen molar-refractivity contribution < 1.29 is 19.8 Å². The Morgan fingerprint density at radius 1 is 1.42 bits per heavy atom. The Bertz CT molecular complexity index is 315. The van der Waals surface area contributed by atoms with Gasteiger partial charge in [-0.2, -0.15) is 0 Å². The van der Waals surface area contributed by atoms with Gasteiger partial charge >= 0.3 is 11.9 Å². The molecule has 0 radical (unpaired) electrons. The molecule has 1 rings (SSSR count). The van der Waals surface area contributed by atoms with Gasteiger partial charge in [-0.1, -0.05) is 0 Å². The molecule has 0 amide bonds. The van der Waals surface area contributed by atoms with Gasteiger partial charge in [0.1, 0.15) is 12.2 Å². The number of carbonyl (C=O) groups is 2. The molecule has 5 heteroatoms. The van der Waals surface area contributed by atoms with E-state index in [0.29, 0.717) is 0 Å². The van der Waals surface area contributed by atoms with Crippen molar-refractivity contribution in [3.05, 3.63) is 24.0 Å². The topological polar surface area (TPSA) is 79.5 Å². The van der Waals surface area contributed by atoms with Crippen molar-refractivity contribution in [2.75, 3.05) is 0 Å². The van der Waals surface area contributed by atoms with E-state index in [4.69, 9.17) is 10.2 Å². The lowest BCUT2D eigenvalue weighted by Crippen LogP contribution is -2.13. The number of aromatic carboxylic acids is 1. The Morgan fingerprint density at radius 3 is 2.58 bits per heavy atom. The van der Waals surface area contributed by atoms with Crippen LogP contribution in [0.3, 0.4) is 0 Å². The third kappa shape index (κ3) is 1.63. The molecule has 0 aliphatic rings. The van der Waals surface area contributed by atoms with Crippen molar-refractivity contribution >= 4 is 11.9 Å². The van der Waals surface area contributed by atoms with E-state index in [2.05, 4.69) is 0 Å². The Balaban J connectivity index is 2.91. The maximum absolute atomic E-state index is 10.5. The summed E-state index contributed by atoms with van der Waals surface area (Å²) in [7, 11) is 0. The van der Waals surface area contributed by atoms with Crippen LogP contribution in [0.5, 0.6) is 0 Å². The second kappa shape index (κ2) is 3.08. The molecule has 0 atom stereocenters. The van der Waals surface area contributed by atoms with Crippen LogP contribution in [0.1, 0.15) is 10.5 Å². The molecule has 0 aliphatic heterocycles. The summed E-state index contributed by atoms with van der Waals surface area (Å²) in [4.78, 5) is 20.7. The fourth-order valence-electron chi connectivity index (χ4n) is 0.892.